The highest BCUT2D eigenvalue weighted by Gasteiger charge is 2.45. The third-order valence-corrected chi connectivity index (χ3v) is 5.98. The Hall–Kier alpha value is -3.11. The lowest BCUT2D eigenvalue weighted by Crippen LogP contribution is -2.63. The largest absolute Gasteiger partial charge is 0.478 e. The van der Waals surface area contributed by atoms with E-state index in [0.29, 0.717) is 0 Å². The second-order valence-corrected chi connectivity index (χ2v) is 8.44. The van der Waals surface area contributed by atoms with Crippen molar-refractivity contribution < 1.29 is 48.1 Å². The van der Waals surface area contributed by atoms with Gasteiger partial charge in [0.1, 0.15) is 18.3 Å². The molecule has 1 aliphatic rings. The van der Waals surface area contributed by atoms with Crippen LogP contribution < -0.4 is 10.0 Å². The van der Waals surface area contributed by atoms with Crippen LogP contribution in [0, 0.1) is 10.1 Å². The van der Waals surface area contributed by atoms with E-state index in [1.165, 1.54) is 12.1 Å². The molecule has 1 aromatic carbocycles. The third-order valence-electron chi connectivity index (χ3n) is 4.48. The number of benzene rings is 1. The molecule has 32 heavy (non-hydrogen) atoms. The lowest BCUT2D eigenvalue weighted by Gasteiger charge is -2.39. The van der Waals surface area contributed by atoms with Gasteiger partial charge in [-0.2, -0.15) is 0 Å². The summed E-state index contributed by atoms with van der Waals surface area (Å²) in [6.07, 6.45) is -4.69. The van der Waals surface area contributed by atoms with Crippen LogP contribution >= 0.6 is 0 Å². The van der Waals surface area contributed by atoms with Crippen LogP contribution in [0.15, 0.2) is 41.0 Å². The van der Waals surface area contributed by atoms with Crippen molar-refractivity contribution in [2.24, 2.45) is 0 Å². The Morgan fingerprint density at radius 1 is 1.28 bits per heavy atom. The number of carboxylic acids is 1. The maximum atomic E-state index is 12.9. The number of carbonyl (C=O) groups is 2. The number of carboxylic acid groups (broad SMARTS) is 1. The normalized spacial score (nSPS) is 22.8. The highest BCUT2D eigenvalue weighted by molar-refractivity contribution is 7.89. The molecule has 0 unspecified atom stereocenters. The van der Waals surface area contributed by atoms with Gasteiger partial charge in [-0.15, -0.1) is 0 Å². The lowest BCUT2D eigenvalue weighted by molar-refractivity contribution is -0.387. The number of hydrogen-bond donors (Lipinski definition) is 6. The number of nitrogens with zero attached hydrogens (tertiary/aromatic N) is 1. The molecule has 5 atom stereocenters. The van der Waals surface area contributed by atoms with Crippen LogP contribution in [-0.2, 0) is 24.3 Å². The van der Waals surface area contributed by atoms with Gasteiger partial charge in [-0.1, -0.05) is 12.1 Å². The fraction of sp³-hybridized carbons (Fsp3) is 0.412. The predicted octanol–water partition coefficient (Wildman–Crippen LogP) is -2.17. The van der Waals surface area contributed by atoms with Crippen LogP contribution in [0.4, 0.5) is 5.69 Å². The minimum Gasteiger partial charge on any atom is -0.478 e. The predicted molar refractivity (Wildman–Crippen MR) is 105 cm³/mol. The molecule has 1 aromatic rings. The van der Waals surface area contributed by atoms with Crippen molar-refractivity contribution in [1.82, 2.24) is 10.0 Å². The van der Waals surface area contributed by atoms with E-state index in [2.05, 4.69) is 10.0 Å². The van der Waals surface area contributed by atoms with Gasteiger partial charge in [-0.3, -0.25) is 14.9 Å². The average Bonchev–Trinajstić information content (AvgIpc) is 2.72. The van der Waals surface area contributed by atoms with Gasteiger partial charge in [-0.05, 0) is 12.1 Å². The number of hydrogen-bond acceptors (Lipinski definition) is 10. The Balaban J connectivity index is 2.56. The number of nitro groups is 1. The number of ether oxygens (including phenoxy) is 1. The molecular weight excluding hydrogens is 454 g/mol. The van der Waals surface area contributed by atoms with Gasteiger partial charge in [0, 0.05) is 13.0 Å². The monoisotopic (exact) mass is 475 g/mol. The van der Waals surface area contributed by atoms with E-state index in [4.69, 9.17) is 9.84 Å². The zero-order chi connectivity index (χ0) is 24.2. The number of aliphatic hydroxyl groups is 3. The number of nitro benzene ring substituents is 1. The van der Waals surface area contributed by atoms with Gasteiger partial charge in [0.05, 0.1) is 23.6 Å². The SMILES string of the molecule is CC(=O)N[C@H]1[C@H]([C@H](O)[C@H](O)CO)OC(C(=O)O)=C[C@@H]1NS(=O)(=O)c1ccccc1[N+](=O)[O-]. The van der Waals surface area contributed by atoms with Crippen LogP contribution in [-0.4, -0.2) is 82.6 Å². The maximum Gasteiger partial charge on any atom is 0.370 e. The number of sulfonamides is 1. The van der Waals surface area contributed by atoms with Crippen molar-refractivity contribution >= 4 is 27.6 Å². The zero-order valence-corrected chi connectivity index (χ0v) is 17.3. The molecule has 14 nitrogen and oxygen atoms in total. The number of aliphatic carboxylic acids is 1. The van der Waals surface area contributed by atoms with E-state index in [-0.39, 0.29) is 0 Å². The first kappa shape index (κ1) is 25.2. The number of rotatable bonds is 9. The molecule has 6 N–H and O–H groups in total. The maximum absolute atomic E-state index is 12.9. The smallest absolute Gasteiger partial charge is 0.370 e. The Morgan fingerprint density at radius 3 is 2.44 bits per heavy atom. The molecule has 1 amide bonds. The lowest BCUT2D eigenvalue weighted by atomic mass is 9.92. The molecule has 1 heterocycles. The summed E-state index contributed by atoms with van der Waals surface area (Å²) in [5.74, 6) is -3.20. The van der Waals surface area contributed by atoms with E-state index in [1.54, 1.807) is 0 Å². The van der Waals surface area contributed by atoms with Crippen LogP contribution in [0.2, 0.25) is 0 Å². The Kier molecular flexibility index (Phi) is 7.87. The molecule has 176 valence electrons. The molecule has 0 bridgehead atoms. The van der Waals surface area contributed by atoms with Gasteiger partial charge in [0.15, 0.2) is 4.90 Å². The van der Waals surface area contributed by atoms with Crippen molar-refractivity contribution in [3.63, 3.8) is 0 Å². The fourth-order valence-electron chi connectivity index (χ4n) is 3.05. The van der Waals surface area contributed by atoms with Crippen LogP contribution in [0.3, 0.4) is 0 Å². The molecule has 0 radical (unpaired) electrons. The standard InChI is InChI=1S/C17H21N3O11S/c1-8(22)18-14-9(6-12(17(25)26)31-16(14)15(24)11(23)7-21)19-32(29,30)13-5-3-2-4-10(13)20(27)28/h2-6,9,11,14-16,19,21,23-24H,7H2,1H3,(H,18,22)(H,25,26)/t9-,11+,14+,15+,16+/m0/s1. The Bertz CT molecular complexity index is 1030. The number of aliphatic hydroxyl groups excluding tert-OH is 3. The van der Waals surface area contributed by atoms with Crippen molar-refractivity contribution in [3.05, 3.63) is 46.2 Å². The van der Waals surface area contributed by atoms with Crippen LogP contribution in [0.1, 0.15) is 6.92 Å². The Labute approximate surface area is 181 Å². The first-order chi connectivity index (χ1) is 14.9. The van der Waals surface area contributed by atoms with Gasteiger partial charge in [0.25, 0.3) is 5.69 Å². The summed E-state index contributed by atoms with van der Waals surface area (Å²) in [6.45, 7) is 0.0997. The summed E-state index contributed by atoms with van der Waals surface area (Å²) in [5.41, 5.74) is -0.752. The van der Waals surface area contributed by atoms with Gasteiger partial charge >= 0.3 is 5.97 Å². The average molecular weight is 475 g/mol. The molecular formula is C17H21N3O11S. The summed E-state index contributed by atoms with van der Waals surface area (Å²) in [6, 6.07) is 1.35. The van der Waals surface area contributed by atoms with E-state index in [1.807, 2.05) is 0 Å². The van der Waals surface area contributed by atoms with Gasteiger partial charge < -0.3 is 30.5 Å². The summed E-state index contributed by atoms with van der Waals surface area (Å²) in [7, 11) is -4.66. The molecule has 15 heteroatoms. The molecule has 0 saturated carbocycles. The molecule has 2 rings (SSSR count). The topological polar surface area (TPSA) is 226 Å². The second-order valence-electron chi connectivity index (χ2n) is 6.76. The minimum absolute atomic E-state index is 0.726. The van der Waals surface area contributed by atoms with Crippen molar-refractivity contribution in [2.75, 3.05) is 6.61 Å². The number of nitrogens with one attached hydrogen (secondary N) is 2. The van der Waals surface area contributed by atoms with E-state index >= 15 is 0 Å². The number of carbonyl (C=O) groups excluding carboxylic acids is 1. The fourth-order valence-corrected chi connectivity index (χ4v) is 4.43. The van der Waals surface area contributed by atoms with Crippen LogP contribution in [0.5, 0.6) is 0 Å². The first-order valence-corrected chi connectivity index (χ1v) is 10.5. The van der Waals surface area contributed by atoms with Gasteiger partial charge in [-0.25, -0.2) is 17.9 Å². The van der Waals surface area contributed by atoms with Gasteiger partial charge in [0.2, 0.25) is 21.7 Å². The molecule has 1 aliphatic heterocycles. The molecule has 0 fully saturated rings. The summed E-state index contributed by atoms with van der Waals surface area (Å²) in [4.78, 5) is 32.7. The van der Waals surface area contributed by atoms with Crippen molar-refractivity contribution in [2.45, 2.75) is 42.2 Å². The summed E-state index contributed by atoms with van der Waals surface area (Å²) < 4.78 is 33.0. The third kappa shape index (κ3) is 5.57. The van der Waals surface area contributed by atoms with E-state index < -0.39 is 80.2 Å². The summed E-state index contributed by atoms with van der Waals surface area (Å²) in [5, 5.41) is 52.0. The highest BCUT2D eigenvalue weighted by Crippen LogP contribution is 2.27. The van der Waals surface area contributed by atoms with Crippen LogP contribution in [0.25, 0.3) is 0 Å². The van der Waals surface area contributed by atoms with Crippen molar-refractivity contribution in [3.8, 4) is 0 Å². The molecule has 0 spiro atoms. The van der Waals surface area contributed by atoms with E-state index in [9.17, 15) is 43.4 Å². The second kappa shape index (κ2) is 10.0. The highest BCUT2D eigenvalue weighted by atomic mass is 32.2. The number of para-hydroxylation sites is 1. The molecule has 0 aromatic heterocycles. The molecule has 0 aliphatic carbocycles. The quantitative estimate of drug-likeness (QED) is 0.166. The zero-order valence-electron chi connectivity index (χ0n) is 16.5. The minimum atomic E-state index is -4.66. The van der Waals surface area contributed by atoms with Crippen molar-refractivity contribution in [1.29, 1.82) is 0 Å². The number of amides is 1. The first-order valence-electron chi connectivity index (χ1n) is 9.00. The summed E-state index contributed by atoms with van der Waals surface area (Å²) >= 11 is 0. The Morgan fingerprint density at radius 2 is 1.91 bits per heavy atom. The van der Waals surface area contributed by atoms with E-state index in [0.717, 1.165) is 25.1 Å². The molecule has 0 saturated heterocycles.